The van der Waals surface area contributed by atoms with Crippen molar-refractivity contribution in [2.75, 3.05) is 5.32 Å². The van der Waals surface area contributed by atoms with Crippen LogP contribution in [0.4, 0.5) is 5.13 Å². The fraction of sp³-hybridized carbons (Fsp3) is 0.150. The number of rotatable bonds is 6. The van der Waals surface area contributed by atoms with Crippen molar-refractivity contribution in [1.82, 2.24) is 4.98 Å². The number of anilines is 1. The van der Waals surface area contributed by atoms with E-state index in [1.165, 1.54) is 23.5 Å². The Morgan fingerprint density at radius 2 is 1.89 bits per heavy atom. The second kappa shape index (κ2) is 7.48. The molecule has 136 valence electrons. The van der Waals surface area contributed by atoms with E-state index in [0.717, 1.165) is 11.1 Å². The molecule has 3 aromatic rings. The lowest BCUT2D eigenvalue weighted by Crippen LogP contribution is -2.45. The predicted molar refractivity (Wildman–Crippen MR) is 104 cm³/mol. The lowest BCUT2D eigenvalue weighted by atomic mass is 9.93. The Kier molecular flexibility index (Phi) is 5.10. The molecule has 0 unspecified atom stereocenters. The first kappa shape index (κ1) is 18.4. The van der Waals surface area contributed by atoms with Crippen LogP contribution in [0.5, 0.6) is 5.75 Å². The van der Waals surface area contributed by atoms with Crippen molar-refractivity contribution < 1.29 is 15.0 Å². The normalized spacial score (nSPS) is 12.7. The minimum absolute atomic E-state index is 0.135. The Morgan fingerprint density at radius 3 is 2.48 bits per heavy atom. The number of hydrogen-bond acceptors (Lipinski definition) is 6. The molecule has 0 bridgehead atoms. The Bertz CT molecular complexity index is 991. The zero-order valence-corrected chi connectivity index (χ0v) is 15.3. The smallest absolute Gasteiger partial charge is 0.329 e. The van der Waals surface area contributed by atoms with Gasteiger partial charge in [-0.3, -0.25) is 0 Å². The van der Waals surface area contributed by atoms with Gasteiger partial charge < -0.3 is 15.5 Å². The number of thiazole rings is 1. The van der Waals surface area contributed by atoms with E-state index in [9.17, 15) is 15.0 Å². The molecule has 1 aromatic heterocycles. The Hall–Kier alpha value is -3.37. The molecule has 0 aliphatic carbocycles. The van der Waals surface area contributed by atoms with Gasteiger partial charge in [-0.05, 0) is 36.8 Å². The molecule has 1 atom stereocenters. The number of nitriles is 1. The first-order valence-corrected chi connectivity index (χ1v) is 9.03. The number of aliphatic carboxylic acids is 1. The number of carboxylic acid groups (broad SMARTS) is 1. The van der Waals surface area contributed by atoms with Gasteiger partial charge in [0.05, 0.1) is 17.3 Å². The number of phenols is 1. The fourth-order valence-corrected chi connectivity index (χ4v) is 3.46. The number of phenolic OH excluding ortho intramolecular Hbond substituents is 1. The third-order valence-electron chi connectivity index (χ3n) is 4.16. The minimum Gasteiger partial charge on any atom is -0.508 e. The maximum atomic E-state index is 11.9. The topological polar surface area (TPSA) is 106 Å². The highest BCUT2D eigenvalue weighted by atomic mass is 32.1. The molecule has 2 aromatic carbocycles. The van der Waals surface area contributed by atoms with E-state index >= 15 is 0 Å². The molecule has 1 heterocycles. The summed E-state index contributed by atoms with van der Waals surface area (Å²) in [4.78, 5) is 16.4. The summed E-state index contributed by atoms with van der Waals surface area (Å²) in [6.07, 6.45) is 0.231. The molecule has 0 amide bonds. The third kappa shape index (κ3) is 4.25. The van der Waals surface area contributed by atoms with Gasteiger partial charge in [0.25, 0.3) is 0 Å². The van der Waals surface area contributed by atoms with E-state index in [1.54, 1.807) is 31.2 Å². The average Bonchev–Trinajstić information content (AvgIpc) is 3.12. The molecule has 0 saturated carbocycles. The van der Waals surface area contributed by atoms with Crippen LogP contribution in [0.15, 0.2) is 53.9 Å². The summed E-state index contributed by atoms with van der Waals surface area (Å²) in [5.74, 6) is -0.860. The van der Waals surface area contributed by atoms with Crippen LogP contribution < -0.4 is 5.32 Å². The number of benzene rings is 2. The molecule has 27 heavy (non-hydrogen) atoms. The van der Waals surface area contributed by atoms with E-state index in [4.69, 9.17) is 5.26 Å². The fourth-order valence-electron chi connectivity index (χ4n) is 2.61. The summed E-state index contributed by atoms with van der Waals surface area (Å²) in [7, 11) is 0. The summed E-state index contributed by atoms with van der Waals surface area (Å²) in [6.45, 7) is 1.60. The lowest BCUT2D eigenvalue weighted by molar-refractivity contribution is -0.141. The number of aromatic hydroxyl groups is 1. The molecule has 0 saturated heterocycles. The van der Waals surface area contributed by atoms with Gasteiger partial charge in [-0.25, -0.2) is 9.78 Å². The Labute approximate surface area is 160 Å². The van der Waals surface area contributed by atoms with Crippen LogP contribution in [0.3, 0.4) is 0 Å². The third-order valence-corrected chi connectivity index (χ3v) is 4.92. The first-order valence-electron chi connectivity index (χ1n) is 8.15. The molecule has 0 aliphatic heterocycles. The van der Waals surface area contributed by atoms with E-state index in [2.05, 4.69) is 16.4 Å². The summed E-state index contributed by atoms with van der Waals surface area (Å²) in [6, 6.07) is 15.6. The van der Waals surface area contributed by atoms with Gasteiger partial charge in [0.15, 0.2) is 5.13 Å². The van der Waals surface area contributed by atoms with Crippen molar-refractivity contribution in [1.29, 1.82) is 5.26 Å². The van der Waals surface area contributed by atoms with Gasteiger partial charge in [-0.1, -0.05) is 24.3 Å². The van der Waals surface area contributed by atoms with Gasteiger partial charge in [-0.15, -0.1) is 11.3 Å². The van der Waals surface area contributed by atoms with Crippen LogP contribution in [0.2, 0.25) is 0 Å². The zero-order chi connectivity index (χ0) is 19.4. The molecule has 0 aliphatic rings. The highest BCUT2D eigenvalue weighted by molar-refractivity contribution is 7.14. The summed E-state index contributed by atoms with van der Waals surface area (Å²) >= 11 is 1.32. The molecule has 0 fully saturated rings. The average molecular weight is 379 g/mol. The summed E-state index contributed by atoms with van der Waals surface area (Å²) in [5.41, 5.74) is 1.67. The van der Waals surface area contributed by atoms with E-state index in [0.29, 0.717) is 16.4 Å². The first-order chi connectivity index (χ1) is 12.9. The van der Waals surface area contributed by atoms with E-state index < -0.39 is 11.5 Å². The zero-order valence-electron chi connectivity index (χ0n) is 14.5. The summed E-state index contributed by atoms with van der Waals surface area (Å²) < 4.78 is 0. The van der Waals surface area contributed by atoms with Crippen LogP contribution in [0, 0.1) is 11.3 Å². The van der Waals surface area contributed by atoms with Crippen molar-refractivity contribution in [3.05, 3.63) is 65.0 Å². The van der Waals surface area contributed by atoms with Crippen LogP contribution in [-0.2, 0) is 11.2 Å². The molecule has 7 heteroatoms. The quantitative estimate of drug-likeness (QED) is 0.600. The standard InChI is InChI=1S/C20H17N3O3S/c1-20(18(25)26,10-13-4-8-16(24)9-5-13)23-19-22-17(12-27-19)15-6-2-14(11-21)3-7-15/h2-9,12,24H,10H2,1H3,(H,22,23)(H,25,26)/t20-/m0/s1. The molecular formula is C20H17N3O3S. The maximum absolute atomic E-state index is 11.9. The molecule has 3 N–H and O–H groups in total. The van der Waals surface area contributed by atoms with Crippen LogP contribution in [0.1, 0.15) is 18.1 Å². The van der Waals surface area contributed by atoms with Gasteiger partial charge in [0.2, 0.25) is 0 Å². The van der Waals surface area contributed by atoms with Gasteiger partial charge >= 0.3 is 5.97 Å². The largest absolute Gasteiger partial charge is 0.508 e. The maximum Gasteiger partial charge on any atom is 0.329 e. The van der Waals surface area contributed by atoms with Gasteiger partial charge in [0, 0.05) is 17.4 Å². The molecule has 3 rings (SSSR count). The number of nitrogens with zero attached hydrogens (tertiary/aromatic N) is 2. The van der Waals surface area contributed by atoms with Crippen molar-refractivity contribution in [2.24, 2.45) is 0 Å². The second-order valence-corrected chi connectivity index (χ2v) is 7.19. The molecular weight excluding hydrogens is 362 g/mol. The molecule has 0 radical (unpaired) electrons. The number of carboxylic acids is 1. The minimum atomic E-state index is -1.25. The Balaban J connectivity index is 1.80. The predicted octanol–water partition coefficient (Wildman–Crippen LogP) is 3.89. The summed E-state index contributed by atoms with van der Waals surface area (Å²) in [5, 5.41) is 33.3. The van der Waals surface area contributed by atoms with Gasteiger partial charge in [-0.2, -0.15) is 5.26 Å². The Morgan fingerprint density at radius 1 is 1.22 bits per heavy atom. The highest BCUT2D eigenvalue weighted by Gasteiger charge is 2.34. The van der Waals surface area contributed by atoms with Crippen molar-refractivity contribution >= 4 is 22.4 Å². The van der Waals surface area contributed by atoms with Crippen LogP contribution in [0.25, 0.3) is 11.3 Å². The van der Waals surface area contributed by atoms with Crippen molar-refractivity contribution in [3.63, 3.8) is 0 Å². The number of aromatic nitrogens is 1. The van der Waals surface area contributed by atoms with Crippen LogP contribution >= 0.6 is 11.3 Å². The van der Waals surface area contributed by atoms with Crippen molar-refractivity contribution in [2.45, 2.75) is 18.9 Å². The number of hydrogen-bond donors (Lipinski definition) is 3. The van der Waals surface area contributed by atoms with Crippen molar-refractivity contribution in [3.8, 4) is 23.1 Å². The van der Waals surface area contributed by atoms with E-state index in [1.807, 2.05) is 17.5 Å². The second-order valence-electron chi connectivity index (χ2n) is 6.33. The molecule has 0 spiro atoms. The van der Waals surface area contributed by atoms with Crippen LogP contribution in [-0.4, -0.2) is 26.7 Å². The SMILES string of the molecule is C[C@@](Cc1ccc(O)cc1)(Nc1nc(-c2ccc(C#N)cc2)cs1)C(=O)O. The highest BCUT2D eigenvalue weighted by Crippen LogP contribution is 2.28. The number of carbonyl (C=O) groups is 1. The number of nitrogens with one attached hydrogen (secondary N) is 1. The lowest BCUT2D eigenvalue weighted by Gasteiger charge is -2.26. The molecule has 6 nitrogen and oxygen atoms in total. The van der Waals surface area contributed by atoms with Gasteiger partial charge in [0.1, 0.15) is 11.3 Å². The van der Waals surface area contributed by atoms with E-state index in [-0.39, 0.29) is 12.2 Å². The monoisotopic (exact) mass is 379 g/mol.